The van der Waals surface area contributed by atoms with Crippen LogP contribution in [0.15, 0.2) is 30.9 Å². The molecule has 0 saturated carbocycles. The molecule has 4 nitrogen and oxygen atoms in total. The summed E-state index contributed by atoms with van der Waals surface area (Å²) in [6, 6.07) is 5.50. The summed E-state index contributed by atoms with van der Waals surface area (Å²) in [6.45, 7) is 9.65. The zero-order valence-electron chi connectivity index (χ0n) is 12.2. The van der Waals surface area contributed by atoms with Gasteiger partial charge in [0.05, 0.1) is 5.92 Å². The van der Waals surface area contributed by atoms with Gasteiger partial charge in [-0.05, 0) is 37.1 Å². The number of carbonyl (C=O) groups excluding carboxylic acids is 1. The Labute approximate surface area is 119 Å². The van der Waals surface area contributed by atoms with Crippen molar-refractivity contribution < 1.29 is 14.7 Å². The smallest absolute Gasteiger partial charge is 0.308 e. The van der Waals surface area contributed by atoms with Crippen molar-refractivity contribution in [3.63, 3.8) is 0 Å². The van der Waals surface area contributed by atoms with Crippen LogP contribution in [0.25, 0.3) is 0 Å². The van der Waals surface area contributed by atoms with E-state index in [-0.39, 0.29) is 12.5 Å². The van der Waals surface area contributed by atoms with Crippen LogP contribution in [-0.4, -0.2) is 35.0 Å². The monoisotopic (exact) mass is 275 g/mol. The van der Waals surface area contributed by atoms with Crippen LogP contribution < -0.4 is 0 Å². The number of aliphatic carboxylic acids is 1. The van der Waals surface area contributed by atoms with E-state index in [1.165, 1.54) is 4.90 Å². The maximum atomic E-state index is 12.4. The average Bonchev–Trinajstić information content (AvgIpc) is 2.40. The number of hydrogen-bond acceptors (Lipinski definition) is 2. The molecule has 0 heterocycles. The van der Waals surface area contributed by atoms with E-state index >= 15 is 0 Å². The quantitative estimate of drug-likeness (QED) is 0.812. The minimum atomic E-state index is -0.910. The Bertz CT molecular complexity index is 522. The lowest BCUT2D eigenvalue weighted by Gasteiger charge is -2.23. The Hall–Kier alpha value is -2.10. The van der Waals surface area contributed by atoms with Crippen LogP contribution in [0.4, 0.5) is 0 Å². The predicted molar refractivity (Wildman–Crippen MR) is 78.8 cm³/mol. The number of amides is 1. The van der Waals surface area contributed by atoms with E-state index in [4.69, 9.17) is 5.11 Å². The lowest BCUT2D eigenvalue weighted by molar-refractivity contribution is -0.141. The van der Waals surface area contributed by atoms with Gasteiger partial charge in [0, 0.05) is 18.7 Å². The van der Waals surface area contributed by atoms with Crippen LogP contribution in [0.3, 0.4) is 0 Å². The van der Waals surface area contributed by atoms with Gasteiger partial charge in [0.2, 0.25) is 0 Å². The fourth-order valence-corrected chi connectivity index (χ4v) is 1.86. The molecule has 0 aliphatic carbocycles. The van der Waals surface area contributed by atoms with Gasteiger partial charge in [-0.3, -0.25) is 9.59 Å². The first kappa shape index (κ1) is 16.0. The Morgan fingerprint density at radius 1 is 1.35 bits per heavy atom. The van der Waals surface area contributed by atoms with Crippen molar-refractivity contribution in [1.82, 2.24) is 4.90 Å². The summed E-state index contributed by atoms with van der Waals surface area (Å²) in [5.41, 5.74) is 2.74. The zero-order chi connectivity index (χ0) is 15.3. The highest BCUT2D eigenvalue weighted by atomic mass is 16.4. The maximum Gasteiger partial charge on any atom is 0.308 e. The number of carboxylic acids is 1. The summed E-state index contributed by atoms with van der Waals surface area (Å²) in [7, 11) is 0. The van der Waals surface area contributed by atoms with E-state index in [0.717, 1.165) is 11.1 Å². The van der Waals surface area contributed by atoms with Crippen LogP contribution in [-0.2, 0) is 4.79 Å². The van der Waals surface area contributed by atoms with E-state index in [1.54, 1.807) is 19.1 Å². The average molecular weight is 275 g/mol. The number of rotatable bonds is 6. The van der Waals surface area contributed by atoms with Gasteiger partial charge in [-0.1, -0.05) is 19.1 Å². The lowest BCUT2D eigenvalue weighted by Crippen LogP contribution is -2.37. The van der Waals surface area contributed by atoms with Crippen molar-refractivity contribution in [3.8, 4) is 0 Å². The van der Waals surface area contributed by atoms with Gasteiger partial charge < -0.3 is 10.0 Å². The summed E-state index contributed by atoms with van der Waals surface area (Å²) in [5.74, 6) is -1.68. The third kappa shape index (κ3) is 3.95. The molecule has 0 fully saturated rings. The number of carboxylic acid groups (broad SMARTS) is 1. The summed E-state index contributed by atoms with van der Waals surface area (Å²) >= 11 is 0. The molecule has 1 aromatic carbocycles. The van der Waals surface area contributed by atoms with Gasteiger partial charge >= 0.3 is 5.97 Å². The first-order chi connectivity index (χ1) is 9.36. The van der Waals surface area contributed by atoms with Crippen LogP contribution in [0.1, 0.15) is 28.4 Å². The van der Waals surface area contributed by atoms with Gasteiger partial charge in [-0.25, -0.2) is 0 Å². The van der Waals surface area contributed by atoms with E-state index in [0.29, 0.717) is 12.1 Å². The molecule has 0 aromatic heterocycles. The highest BCUT2D eigenvalue weighted by Gasteiger charge is 2.20. The zero-order valence-corrected chi connectivity index (χ0v) is 12.2. The van der Waals surface area contributed by atoms with Crippen LogP contribution in [0.5, 0.6) is 0 Å². The highest BCUT2D eigenvalue weighted by molar-refractivity contribution is 5.94. The molecule has 1 N–H and O–H groups in total. The summed E-state index contributed by atoms with van der Waals surface area (Å²) in [5, 5.41) is 8.97. The highest BCUT2D eigenvalue weighted by Crippen LogP contribution is 2.13. The third-order valence-electron chi connectivity index (χ3n) is 3.31. The number of benzene rings is 1. The van der Waals surface area contributed by atoms with Crippen molar-refractivity contribution >= 4 is 11.9 Å². The molecule has 0 spiro atoms. The second-order valence-corrected chi connectivity index (χ2v) is 5.04. The molecule has 4 heteroatoms. The number of carbonyl (C=O) groups is 2. The Morgan fingerprint density at radius 3 is 2.50 bits per heavy atom. The minimum absolute atomic E-state index is 0.166. The van der Waals surface area contributed by atoms with Crippen molar-refractivity contribution in [1.29, 1.82) is 0 Å². The van der Waals surface area contributed by atoms with E-state index in [9.17, 15) is 9.59 Å². The molecule has 1 unspecified atom stereocenters. The largest absolute Gasteiger partial charge is 0.481 e. The van der Waals surface area contributed by atoms with Crippen molar-refractivity contribution in [3.05, 3.63) is 47.5 Å². The lowest BCUT2D eigenvalue weighted by atomic mass is 10.0. The normalized spacial score (nSPS) is 11.8. The SMILES string of the molecule is C=CCN(CC(C)C(=O)O)C(=O)c1ccc(C)c(C)c1. The standard InChI is InChI=1S/C16H21NO3/c1-5-8-17(10-13(4)16(19)20)15(18)14-7-6-11(2)12(3)9-14/h5-7,9,13H,1,8,10H2,2-4H3,(H,19,20). The van der Waals surface area contributed by atoms with Gasteiger partial charge in [0.15, 0.2) is 0 Å². The fraction of sp³-hybridized carbons (Fsp3) is 0.375. The van der Waals surface area contributed by atoms with E-state index < -0.39 is 11.9 Å². The van der Waals surface area contributed by atoms with Crippen molar-refractivity contribution in [2.75, 3.05) is 13.1 Å². The maximum absolute atomic E-state index is 12.4. The van der Waals surface area contributed by atoms with Crippen molar-refractivity contribution in [2.45, 2.75) is 20.8 Å². The molecule has 0 bridgehead atoms. The van der Waals surface area contributed by atoms with Gasteiger partial charge in [-0.15, -0.1) is 6.58 Å². The third-order valence-corrected chi connectivity index (χ3v) is 3.31. The Kier molecular flexibility index (Phi) is 5.50. The van der Waals surface area contributed by atoms with Gasteiger partial charge in [0.25, 0.3) is 5.91 Å². The molecule has 1 amide bonds. The Morgan fingerprint density at radius 2 is 2.00 bits per heavy atom. The first-order valence-corrected chi connectivity index (χ1v) is 6.57. The molecular weight excluding hydrogens is 254 g/mol. The first-order valence-electron chi connectivity index (χ1n) is 6.57. The molecular formula is C16H21NO3. The van der Waals surface area contributed by atoms with Gasteiger partial charge in [0.1, 0.15) is 0 Å². The van der Waals surface area contributed by atoms with Crippen LogP contribution >= 0.6 is 0 Å². The molecule has 1 rings (SSSR count). The van der Waals surface area contributed by atoms with Crippen LogP contribution in [0, 0.1) is 19.8 Å². The minimum Gasteiger partial charge on any atom is -0.481 e. The topological polar surface area (TPSA) is 57.6 Å². The fourth-order valence-electron chi connectivity index (χ4n) is 1.86. The molecule has 0 radical (unpaired) electrons. The molecule has 1 aromatic rings. The molecule has 0 aliphatic heterocycles. The molecule has 20 heavy (non-hydrogen) atoms. The van der Waals surface area contributed by atoms with E-state index in [2.05, 4.69) is 6.58 Å². The molecule has 1 atom stereocenters. The molecule has 0 saturated heterocycles. The van der Waals surface area contributed by atoms with Crippen LogP contribution in [0.2, 0.25) is 0 Å². The number of nitrogens with zero attached hydrogens (tertiary/aromatic N) is 1. The second-order valence-electron chi connectivity index (χ2n) is 5.04. The second kappa shape index (κ2) is 6.89. The molecule has 0 aliphatic rings. The number of aryl methyl sites for hydroxylation is 2. The molecule has 108 valence electrons. The summed E-state index contributed by atoms with van der Waals surface area (Å²) in [4.78, 5) is 24.9. The Balaban J connectivity index is 2.95. The number of hydrogen-bond donors (Lipinski definition) is 1. The van der Waals surface area contributed by atoms with E-state index in [1.807, 2.05) is 26.0 Å². The predicted octanol–water partition coefficient (Wildman–Crippen LogP) is 2.65. The van der Waals surface area contributed by atoms with Gasteiger partial charge in [-0.2, -0.15) is 0 Å². The summed E-state index contributed by atoms with van der Waals surface area (Å²) in [6.07, 6.45) is 1.60. The summed E-state index contributed by atoms with van der Waals surface area (Å²) < 4.78 is 0. The van der Waals surface area contributed by atoms with Crippen molar-refractivity contribution in [2.24, 2.45) is 5.92 Å².